The van der Waals surface area contributed by atoms with Crippen LogP contribution in [0.5, 0.6) is 17.2 Å². The molecule has 1 fully saturated rings. The van der Waals surface area contributed by atoms with Gasteiger partial charge in [-0.05, 0) is 75.8 Å². The molecule has 0 saturated carbocycles. The number of fused-ring (bicyclic) bond motifs is 1. The first-order valence-corrected chi connectivity index (χ1v) is 19.6. The third kappa shape index (κ3) is 8.55. The van der Waals surface area contributed by atoms with Crippen molar-refractivity contribution in [1.29, 1.82) is 0 Å². The summed E-state index contributed by atoms with van der Waals surface area (Å²) in [6, 6.07) is 15.7. The molecule has 1 saturated heterocycles. The minimum atomic E-state index is -0.499. The van der Waals surface area contributed by atoms with Crippen LogP contribution in [0.2, 0.25) is 0 Å². The molecule has 4 aromatic rings. The molecule has 1 aliphatic rings. The summed E-state index contributed by atoms with van der Waals surface area (Å²) in [6.45, 7) is 9.83. The Balaban J connectivity index is 1.24. The van der Waals surface area contributed by atoms with Gasteiger partial charge in [0.15, 0.2) is 0 Å². The largest absolute Gasteiger partial charge is 0.491 e. The fourth-order valence-electron chi connectivity index (χ4n) is 5.33. The molecule has 0 radical (unpaired) electrons. The lowest BCUT2D eigenvalue weighted by Gasteiger charge is -2.33. The predicted molar refractivity (Wildman–Crippen MR) is 195 cm³/mol. The molecular formula is C34H40IN3O6S2. The van der Waals surface area contributed by atoms with Crippen molar-refractivity contribution < 1.29 is 23.7 Å². The Morgan fingerprint density at radius 3 is 2.50 bits per heavy atom. The number of hydrogen-bond acceptors (Lipinski definition) is 8. The molecule has 2 aromatic carbocycles. The highest BCUT2D eigenvalue weighted by molar-refractivity contribution is 14.2. The zero-order valence-corrected chi connectivity index (χ0v) is 30.6. The summed E-state index contributed by atoms with van der Waals surface area (Å²) in [6.07, 6.45) is 5.16. The van der Waals surface area contributed by atoms with Crippen LogP contribution in [0.3, 0.4) is 0 Å². The maximum atomic E-state index is 13.1. The topological polar surface area (TPSA) is 84.2 Å². The average Bonchev–Trinajstić information content (AvgIpc) is 3.46. The number of piperidine rings is 1. The molecule has 1 aliphatic heterocycles. The number of aryl methyl sites for hydroxylation is 1. The number of ether oxygens (including phenoxy) is 4. The molecule has 46 heavy (non-hydrogen) atoms. The standard InChI is InChI=1S/C34H40IN3O6S2/c1-6-45-26-10-11-30(28(21-26)29-22-36(5)32(39)31-27(29)14-17-38(31)46-35)43-25-9-7-8-24(20-25)42-19-18-41-23-12-15-37(16-13-23)33(40)44-34(2,3)4/h7-11,14,17,20-23H,6,12-13,15-16,18-19H2,1-5H3. The Labute approximate surface area is 290 Å². The van der Waals surface area contributed by atoms with Gasteiger partial charge in [-0.15, -0.1) is 11.8 Å². The molecule has 2 aromatic heterocycles. The summed E-state index contributed by atoms with van der Waals surface area (Å²) in [5.74, 6) is 2.96. The van der Waals surface area contributed by atoms with Crippen LogP contribution in [0.25, 0.3) is 22.0 Å². The van der Waals surface area contributed by atoms with Crippen molar-refractivity contribution in [2.45, 2.75) is 57.1 Å². The van der Waals surface area contributed by atoms with Gasteiger partial charge in [-0.1, -0.05) is 13.0 Å². The van der Waals surface area contributed by atoms with Crippen LogP contribution in [0.15, 0.2) is 70.6 Å². The summed E-state index contributed by atoms with van der Waals surface area (Å²) < 4.78 is 27.6. The van der Waals surface area contributed by atoms with E-state index in [-0.39, 0.29) is 17.8 Å². The van der Waals surface area contributed by atoms with Gasteiger partial charge < -0.3 is 28.4 Å². The number of hydrogen-bond donors (Lipinski definition) is 0. The van der Waals surface area contributed by atoms with Crippen LogP contribution in [-0.4, -0.2) is 63.3 Å². The SMILES string of the molecule is CCSc1ccc(Oc2cccc(OCCOC3CCN(C(=O)OC(C)(C)C)CC3)c2)c(-c2cn(C)c(=O)c3c2ccn3SI)c1. The quantitative estimate of drug-likeness (QED) is 0.0852. The molecule has 9 nitrogen and oxygen atoms in total. The summed E-state index contributed by atoms with van der Waals surface area (Å²) in [7, 11) is 3.25. The third-order valence-electron chi connectivity index (χ3n) is 7.45. The highest BCUT2D eigenvalue weighted by Gasteiger charge is 2.27. The molecule has 1 amide bonds. The normalized spacial score (nSPS) is 14.1. The molecule has 0 N–H and O–H groups in total. The Morgan fingerprint density at radius 1 is 1.02 bits per heavy atom. The van der Waals surface area contributed by atoms with E-state index in [1.807, 2.05) is 73.5 Å². The number of benzene rings is 2. The van der Waals surface area contributed by atoms with Crippen molar-refractivity contribution in [1.82, 2.24) is 13.4 Å². The van der Waals surface area contributed by atoms with E-state index in [1.54, 1.807) is 28.3 Å². The predicted octanol–water partition coefficient (Wildman–Crippen LogP) is 8.55. The van der Waals surface area contributed by atoms with Crippen LogP contribution in [-0.2, 0) is 16.5 Å². The van der Waals surface area contributed by atoms with Crippen LogP contribution < -0.4 is 15.0 Å². The van der Waals surface area contributed by atoms with Crippen molar-refractivity contribution in [3.63, 3.8) is 0 Å². The van der Waals surface area contributed by atoms with Gasteiger partial charge in [0, 0.05) is 90.3 Å². The monoisotopic (exact) mass is 777 g/mol. The van der Waals surface area contributed by atoms with E-state index in [0.717, 1.165) is 40.0 Å². The summed E-state index contributed by atoms with van der Waals surface area (Å²) in [4.78, 5) is 28.3. The van der Waals surface area contributed by atoms with Gasteiger partial charge in [0.05, 0.1) is 12.7 Å². The van der Waals surface area contributed by atoms with E-state index in [0.29, 0.717) is 49.1 Å². The fourth-order valence-corrected chi connectivity index (χ4v) is 7.36. The smallest absolute Gasteiger partial charge is 0.410 e. The molecule has 5 rings (SSSR count). The average molecular weight is 778 g/mol. The van der Waals surface area contributed by atoms with Gasteiger partial charge in [0.2, 0.25) is 0 Å². The first kappa shape index (κ1) is 34.5. The van der Waals surface area contributed by atoms with Crippen LogP contribution in [0.4, 0.5) is 4.79 Å². The number of nitrogens with zero attached hydrogens (tertiary/aromatic N) is 3. The minimum Gasteiger partial charge on any atom is -0.491 e. The molecule has 3 heterocycles. The second kappa shape index (κ2) is 15.4. The van der Waals surface area contributed by atoms with Gasteiger partial charge in [0.1, 0.15) is 35.0 Å². The lowest BCUT2D eigenvalue weighted by atomic mass is 10.0. The second-order valence-electron chi connectivity index (χ2n) is 12.0. The zero-order valence-electron chi connectivity index (χ0n) is 26.8. The van der Waals surface area contributed by atoms with Crippen molar-refractivity contribution in [2.75, 3.05) is 32.1 Å². The third-order valence-corrected chi connectivity index (χ3v) is 10.0. The number of aromatic nitrogens is 2. The number of amides is 1. The van der Waals surface area contributed by atoms with Crippen LogP contribution >= 0.6 is 42.1 Å². The summed E-state index contributed by atoms with van der Waals surface area (Å²) in [5.41, 5.74) is 1.94. The van der Waals surface area contributed by atoms with Crippen molar-refractivity contribution in [3.8, 4) is 28.4 Å². The summed E-state index contributed by atoms with van der Waals surface area (Å²) >= 11 is 3.95. The van der Waals surface area contributed by atoms with Gasteiger partial charge in [-0.25, -0.2) is 4.79 Å². The highest BCUT2D eigenvalue weighted by Crippen LogP contribution is 2.40. The number of halogens is 1. The van der Waals surface area contributed by atoms with Gasteiger partial charge in [-0.2, -0.15) is 0 Å². The number of thioether (sulfide) groups is 1. The number of carbonyl (C=O) groups is 1. The molecule has 12 heteroatoms. The number of carbonyl (C=O) groups excluding carboxylic acids is 1. The first-order valence-electron chi connectivity index (χ1n) is 15.3. The Hall–Kier alpha value is -2.81. The highest BCUT2D eigenvalue weighted by atomic mass is 127. The second-order valence-corrected chi connectivity index (χ2v) is 15.0. The lowest BCUT2D eigenvalue weighted by molar-refractivity contribution is -0.0177. The molecule has 0 atom stereocenters. The van der Waals surface area contributed by atoms with Crippen LogP contribution in [0.1, 0.15) is 40.5 Å². The number of pyridine rings is 1. The van der Waals surface area contributed by atoms with E-state index < -0.39 is 5.60 Å². The Bertz CT molecular complexity index is 1730. The minimum absolute atomic E-state index is 0.0467. The maximum Gasteiger partial charge on any atom is 0.410 e. The Morgan fingerprint density at radius 2 is 1.78 bits per heavy atom. The zero-order chi connectivity index (χ0) is 32.8. The fraction of sp³-hybridized carbons (Fsp3) is 0.412. The van der Waals surface area contributed by atoms with E-state index in [9.17, 15) is 9.59 Å². The lowest BCUT2D eigenvalue weighted by Crippen LogP contribution is -2.43. The number of rotatable bonds is 11. The first-order chi connectivity index (χ1) is 22.1. The molecule has 246 valence electrons. The van der Waals surface area contributed by atoms with Crippen LogP contribution in [0, 0.1) is 0 Å². The van der Waals surface area contributed by atoms with Gasteiger partial charge >= 0.3 is 6.09 Å². The van der Waals surface area contributed by atoms with Gasteiger partial charge in [-0.3, -0.25) is 8.77 Å². The molecule has 0 aliphatic carbocycles. The summed E-state index contributed by atoms with van der Waals surface area (Å²) in [5, 5.41) is 0.878. The van der Waals surface area contributed by atoms with E-state index >= 15 is 0 Å². The van der Waals surface area contributed by atoms with E-state index in [4.69, 9.17) is 18.9 Å². The van der Waals surface area contributed by atoms with E-state index in [2.05, 4.69) is 40.3 Å². The van der Waals surface area contributed by atoms with Crippen molar-refractivity contribution in [3.05, 3.63) is 71.3 Å². The maximum absolute atomic E-state index is 13.1. The molecule has 0 spiro atoms. The van der Waals surface area contributed by atoms with E-state index in [1.165, 1.54) is 9.12 Å². The Kier molecular flexibility index (Phi) is 11.6. The van der Waals surface area contributed by atoms with Crippen molar-refractivity contribution in [2.24, 2.45) is 7.05 Å². The van der Waals surface area contributed by atoms with Gasteiger partial charge in [0.25, 0.3) is 5.56 Å². The molecular weight excluding hydrogens is 737 g/mol. The number of likely N-dealkylation sites (tertiary alicyclic amines) is 1. The molecule has 0 unspecified atom stereocenters. The van der Waals surface area contributed by atoms with Crippen molar-refractivity contribution >= 4 is 59.1 Å². The molecule has 0 bridgehead atoms.